The number of amides is 1. The molecule has 0 spiro atoms. The Labute approximate surface area is 92.5 Å². The van der Waals surface area contributed by atoms with Crippen LogP contribution in [0, 0.1) is 11.8 Å². The van der Waals surface area contributed by atoms with Crippen LogP contribution >= 0.6 is 0 Å². The van der Waals surface area contributed by atoms with Gasteiger partial charge < -0.3 is 10.0 Å². The molecule has 1 N–H and O–H groups in total. The highest BCUT2D eigenvalue weighted by molar-refractivity contribution is 5.77. The normalized spacial score (nSPS) is 24.7. The summed E-state index contributed by atoms with van der Waals surface area (Å²) in [5, 5.41) is 9.24. The van der Waals surface area contributed by atoms with Gasteiger partial charge in [0, 0.05) is 19.5 Å². The summed E-state index contributed by atoms with van der Waals surface area (Å²) < 4.78 is 0. The summed E-state index contributed by atoms with van der Waals surface area (Å²) in [5.74, 6) is 1.45. The van der Waals surface area contributed by atoms with Crippen LogP contribution in [0.1, 0.15) is 40.0 Å². The lowest BCUT2D eigenvalue weighted by Gasteiger charge is -2.33. The van der Waals surface area contributed by atoms with E-state index in [-0.39, 0.29) is 5.91 Å². The molecular weight excluding hydrogens is 190 g/mol. The molecule has 2 unspecified atom stereocenters. The van der Waals surface area contributed by atoms with Crippen LogP contribution in [-0.4, -0.2) is 35.1 Å². The van der Waals surface area contributed by atoms with E-state index in [1.54, 1.807) is 11.8 Å². The molecule has 0 saturated carbocycles. The fourth-order valence-electron chi connectivity index (χ4n) is 2.32. The van der Waals surface area contributed by atoms with E-state index >= 15 is 0 Å². The monoisotopic (exact) mass is 213 g/mol. The molecule has 1 saturated heterocycles. The summed E-state index contributed by atoms with van der Waals surface area (Å²) in [4.78, 5) is 13.5. The predicted molar refractivity (Wildman–Crippen MR) is 60.4 cm³/mol. The largest absolute Gasteiger partial charge is 0.392 e. The van der Waals surface area contributed by atoms with E-state index in [0.717, 1.165) is 19.4 Å². The maximum atomic E-state index is 11.7. The van der Waals surface area contributed by atoms with Gasteiger partial charge >= 0.3 is 0 Å². The zero-order chi connectivity index (χ0) is 11.4. The van der Waals surface area contributed by atoms with Gasteiger partial charge in [0.2, 0.25) is 5.91 Å². The Kier molecular flexibility index (Phi) is 4.58. The molecule has 1 aliphatic rings. The minimum absolute atomic E-state index is 0.216. The minimum Gasteiger partial charge on any atom is -0.392 e. The zero-order valence-electron chi connectivity index (χ0n) is 10.1. The predicted octanol–water partition coefficient (Wildman–Crippen LogP) is 1.65. The first kappa shape index (κ1) is 12.5. The van der Waals surface area contributed by atoms with Gasteiger partial charge in [0.1, 0.15) is 0 Å². The van der Waals surface area contributed by atoms with Crippen molar-refractivity contribution in [2.45, 2.75) is 46.1 Å². The average Bonchev–Trinajstić information content (AvgIpc) is 2.08. The summed E-state index contributed by atoms with van der Waals surface area (Å²) in [7, 11) is 0. The second kappa shape index (κ2) is 5.50. The van der Waals surface area contributed by atoms with Crippen molar-refractivity contribution in [2.75, 3.05) is 13.1 Å². The first-order valence-electron chi connectivity index (χ1n) is 5.95. The molecule has 0 aromatic rings. The summed E-state index contributed by atoms with van der Waals surface area (Å²) in [6.07, 6.45) is 2.51. The standard InChI is InChI=1S/C12H23NO2/c1-9(2)6-11-4-5-13(8-10(3)14)12(15)7-11/h9-11,14H,4-8H2,1-3H3. The molecule has 15 heavy (non-hydrogen) atoms. The number of carbonyl (C=O) groups is 1. The third-order valence-corrected chi connectivity index (χ3v) is 2.91. The Morgan fingerprint density at radius 1 is 1.47 bits per heavy atom. The first-order chi connectivity index (χ1) is 6.99. The third-order valence-electron chi connectivity index (χ3n) is 2.91. The van der Waals surface area contributed by atoms with Crippen LogP contribution in [0.15, 0.2) is 0 Å². The number of piperidine rings is 1. The van der Waals surface area contributed by atoms with Crippen LogP contribution in [0.3, 0.4) is 0 Å². The number of rotatable bonds is 4. The summed E-state index contributed by atoms with van der Waals surface area (Å²) in [5.41, 5.74) is 0. The number of aliphatic hydroxyl groups excluding tert-OH is 1. The lowest BCUT2D eigenvalue weighted by molar-refractivity contribution is -0.136. The molecule has 0 aliphatic carbocycles. The van der Waals surface area contributed by atoms with Crippen LogP contribution in [0.25, 0.3) is 0 Å². The lowest BCUT2D eigenvalue weighted by Crippen LogP contribution is -2.42. The Morgan fingerprint density at radius 3 is 2.60 bits per heavy atom. The fourth-order valence-corrected chi connectivity index (χ4v) is 2.32. The van der Waals surface area contributed by atoms with Crippen molar-refractivity contribution in [3.05, 3.63) is 0 Å². The van der Waals surface area contributed by atoms with Crippen molar-refractivity contribution in [3.8, 4) is 0 Å². The van der Waals surface area contributed by atoms with Crippen LogP contribution in [0.5, 0.6) is 0 Å². The van der Waals surface area contributed by atoms with Gasteiger partial charge in [-0.3, -0.25) is 4.79 Å². The molecule has 1 heterocycles. The maximum Gasteiger partial charge on any atom is 0.222 e. The zero-order valence-corrected chi connectivity index (χ0v) is 10.1. The van der Waals surface area contributed by atoms with Gasteiger partial charge in [-0.2, -0.15) is 0 Å². The smallest absolute Gasteiger partial charge is 0.222 e. The molecule has 0 aromatic heterocycles. The molecule has 1 fully saturated rings. The number of hydrogen-bond donors (Lipinski definition) is 1. The molecule has 1 aliphatic heterocycles. The number of β-amino-alcohol motifs (C(OH)–C–C–N with tert-alkyl or cyclic N) is 1. The maximum absolute atomic E-state index is 11.7. The van der Waals surface area contributed by atoms with Crippen LogP contribution in [-0.2, 0) is 4.79 Å². The molecule has 0 aromatic carbocycles. The molecule has 1 rings (SSSR count). The van der Waals surface area contributed by atoms with Crippen molar-refractivity contribution in [1.29, 1.82) is 0 Å². The molecule has 3 nitrogen and oxygen atoms in total. The number of hydrogen-bond acceptors (Lipinski definition) is 2. The minimum atomic E-state index is -0.407. The summed E-state index contributed by atoms with van der Waals surface area (Å²) in [6, 6.07) is 0. The van der Waals surface area contributed by atoms with Gasteiger partial charge in [0.15, 0.2) is 0 Å². The third kappa shape index (κ3) is 4.20. The van der Waals surface area contributed by atoms with Gasteiger partial charge in [-0.05, 0) is 31.6 Å². The second-order valence-corrected chi connectivity index (χ2v) is 5.18. The molecule has 88 valence electrons. The molecular formula is C12H23NO2. The van der Waals surface area contributed by atoms with Gasteiger partial charge in [-0.25, -0.2) is 0 Å². The highest BCUT2D eigenvalue weighted by Crippen LogP contribution is 2.24. The Balaban J connectivity index is 2.37. The Morgan fingerprint density at radius 2 is 2.13 bits per heavy atom. The van der Waals surface area contributed by atoms with Crippen molar-refractivity contribution >= 4 is 5.91 Å². The average molecular weight is 213 g/mol. The van der Waals surface area contributed by atoms with Crippen molar-refractivity contribution in [1.82, 2.24) is 4.90 Å². The Hall–Kier alpha value is -0.570. The van der Waals surface area contributed by atoms with E-state index in [9.17, 15) is 9.90 Å². The van der Waals surface area contributed by atoms with Crippen LogP contribution < -0.4 is 0 Å². The summed E-state index contributed by atoms with van der Waals surface area (Å²) in [6.45, 7) is 7.45. The van der Waals surface area contributed by atoms with E-state index in [1.807, 2.05) is 0 Å². The van der Waals surface area contributed by atoms with E-state index in [0.29, 0.717) is 24.8 Å². The van der Waals surface area contributed by atoms with Crippen molar-refractivity contribution < 1.29 is 9.90 Å². The van der Waals surface area contributed by atoms with Gasteiger partial charge in [0.05, 0.1) is 6.10 Å². The molecule has 0 radical (unpaired) electrons. The van der Waals surface area contributed by atoms with E-state index in [2.05, 4.69) is 13.8 Å². The fraction of sp³-hybridized carbons (Fsp3) is 0.917. The molecule has 2 atom stereocenters. The van der Waals surface area contributed by atoms with E-state index in [1.165, 1.54) is 0 Å². The van der Waals surface area contributed by atoms with Crippen molar-refractivity contribution in [2.24, 2.45) is 11.8 Å². The van der Waals surface area contributed by atoms with E-state index in [4.69, 9.17) is 0 Å². The Bertz CT molecular complexity index is 214. The van der Waals surface area contributed by atoms with Gasteiger partial charge in [0.25, 0.3) is 0 Å². The number of nitrogens with zero attached hydrogens (tertiary/aromatic N) is 1. The van der Waals surface area contributed by atoms with Gasteiger partial charge in [-0.1, -0.05) is 13.8 Å². The number of carbonyl (C=O) groups excluding carboxylic acids is 1. The second-order valence-electron chi connectivity index (χ2n) is 5.18. The van der Waals surface area contributed by atoms with E-state index < -0.39 is 6.10 Å². The van der Waals surface area contributed by atoms with Crippen molar-refractivity contribution in [3.63, 3.8) is 0 Å². The SMILES string of the molecule is CC(C)CC1CCN(CC(C)O)C(=O)C1. The highest BCUT2D eigenvalue weighted by Gasteiger charge is 2.26. The number of aliphatic hydroxyl groups is 1. The van der Waals surface area contributed by atoms with Gasteiger partial charge in [-0.15, -0.1) is 0 Å². The quantitative estimate of drug-likeness (QED) is 0.771. The summed E-state index contributed by atoms with van der Waals surface area (Å²) >= 11 is 0. The van der Waals surface area contributed by atoms with Crippen LogP contribution in [0.4, 0.5) is 0 Å². The number of likely N-dealkylation sites (tertiary alicyclic amines) is 1. The molecule has 1 amide bonds. The first-order valence-corrected chi connectivity index (χ1v) is 5.95. The highest BCUT2D eigenvalue weighted by atomic mass is 16.3. The molecule has 0 bridgehead atoms. The topological polar surface area (TPSA) is 40.5 Å². The lowest BCUT2D eigenvalue weighted by atomic mass is 9.88. The van der Waals surface area contributed by atoms with Crippen LogP contribution in [0.2, 0.25) is 0 Å². The molecule has 3 heteroatoms.